The van der Waals surface area contributed by atoms with Crippen molar-refractivity contribution in [1.29, 1.82) is 0 Å². The monoisotopic (exact) mass is 422 g/mol. The molecule has 0 radical (unpaired) electrons. The van der Waals surface area contributed by atoms with E-state index in [-0.39, 0.29) is 17.9 Å². The van der Waals surface area contributed by atoms with Crippen molar-refractivity contribution in [3.8, 4) is 0 Å². The van der Waals surface area contributed by atoms with Crippen LogP contribution < -0.4 is 5.32 Å². The Balaban J connectivity index is 1.46. The summed E-state index contributed by atoms with van der Waals surface area (Å²) in [5.74, 6) is -0.0717. The molecule has 0 saturated carbocycles. The van der Waals surface area contributed by atoms with Crippen LogP contribution in [-0.2, 0) is 19.1 Å². The maximum Gasteiger partial charge on any atom is 0.416 e. The van der Waals surface area contributed by atoms with E-state index in [1.165, 1.54) is 23.5 Å². The third-order valence-corrected chi connectivity index (χ3v) is 5.90. The minimum atomic E-state index is -4.36. The number of alkyl halides is 3. The van der Waals surface area contributed by atoms with E-state index in [0.717, 1.165) is 42.7 Å². The summed E-state index contributed by atoms with van der Waals surface area (Å²) < 4.78 is 41.3. The number of hydrogen-bond acceptors (Lipinski definition) is 4. The molecule has 3 heterocycles. The Labute approximate surface area is 170 Å². The lowest BCUT2D eigenvalue weighted by Gasteiger charge is -2.15. The second-order valence-corrected chi connectivity index (χ2v) is 7.92. The summed E-state index contributed by atoms with van der Waals surface area (Å²) in [6.45, 7) is 2.21. The zero-order valence-corrected chi connectivity index (χ0v) is 16.5. The number of benzene rings is 1. The minimum Gasteiger partial charge on any atom is -0.337 e. The molecular formula is C20H21F3N4OS. The zero-order chi connectivity index (χ0) is 20.4. The normalized spacial score (nSPS) is 14.8. The van der Waals surface area contributed by atoms with E-state index in [4.69, 9.17) is 0 Å². The average molecular weight is 422 g/mol. The van der Waals surface area contributed by atoms with Gasteiger partial charge in [-0.3, -0.25) is 9.20 Å². The minimum absolute atomic E-state index is 0.0717. The van der Waals surface area contributed by atoms with Crippen LogP contribution >= 0.6 is 11.3 Å². The number of carbonyl (C=O) groups is 1. The van der Waals surface area contributed by atoms with Crippen molar-refractivity contribution in [2.45, 2.75) is 32.0 Å². The van der Waals surface area contributed by atoms with E-state index in [2.05, 4.69) is 10.3 Å². The predicted octanol–water partition coefficient (Wildman–Crippen LogP) is 3.98. The summed E-state index contributed by atoms with van der Waals surface area (Å²) in [5.41, 5.74) is 0.843. The van der Waals surface area contributed by atoms with Crippen molar-refractivity contribution >= 4 is 22.2 Å². The van der Waals surface area contributed by atoms with Gasteiger partial charge in [-0.05, 0) is 37.4 Å². The number of amides is 1. The number of nitrogens with one attached hydrogen (secondary N) is 1. The van der Waals surface area contributed by atoms with Crippen LogP contribution in [0.25, 0.3) is 4.96 Å². The number of fused-ring (bicyclic) bond motifs is 1. The van der Waals surface area contributed by atoms with Gasteiger partial charge in [-0.15, -0.1) is 11.3 Å². The van der Waals surface area contributed by atoms with Crippen LogP contribution in [0.1, 0.15) is 40.2 Å². The number of hydrogen-bond donors (Lipinski definition) is 1. The lowest BCUT2D eigenvalue weighted by atomic mass is 10.0. The molecule has 1 fully saturated rings. The lowest BCUT2D eigenvalue weighted by molar-refractivity contribution is -0.138. The number of imidazole rings is 1. The maximum atomic E-state index is 13.1. The van der Waals surface area contributed by atoms with Gasteiger partial charge in [0.05, 0.1) is 11.3 Å². The highest BCUT2D eigenvalue weighted by atomic mass is 32.1. The van der Waals surface area contributed by atoms with Crippen molar-refractivity contribution < 1.29 is 18.0 Å². The highest BCUT2D eigenvalue weighted by molar-refractivity contribution is 7.15. The quantitative estimate of drug-likeness (QED) is 0.612. The number of aromatic nitrogens is 2. The molecule has 5 nitrogen and oxygen atoms in total. The third kappa shape index (κ3) is 4.16. The topological polar surface area (TPSA) is 49.6 Å². The van der Waals surface area contributed by atoms with E-state index in [0.29, 0.717) is 18.8 Å². The highest BCUT2D eigenvalue weighted by Gasteiger charge is 2.32. The molecule has 1 aromatic carbocycles. The number of thiazole rings is 1. The number of likely N-dealkylation sites (tertiary alicyclic amines) is 1. The summed E-state index contributed by atoms with van der Waals surface area (Å²) in [7, 11) is 0. The third-order valence-electron chi connectivity index (χ3n) is 5.14. The van der Waals surface area contributed by atoms with Crippen LogP contribution in [0.15, 0.2) is 35.8 Å². The van der Waals surface area contributed by atoms with Gasteiger partial charge in [-0.1, -0.05) is 18.2 Å². The maximum absolute atomic E-state index is 13.1. The van der Waals surface area contributed by atoms with Gasteiger partial charge in [-0.25, -0.2) is 4.98 Å². The molecule has 1 aliphatic heterocycles. The van der Waals surface area contributed by atoms with E-state index < -0.39 is 11.7 Å². The molecule has 2 aromatic heterocycles. The molecule has 1 aliphatic rings. The smallest absolute Gasteiger partial charge is 0.337 e. The van der Waals surface area contributed by atoms with Gasteiger partial charge >= 0.3 is 6.18 Å². The van der Waals surface area contributed by atoms with E-state index in [1.807, 2.05) is 20.9 Å². The van der Waals surface area contributed by atoms with Crippen LogP contribution in [-0.4, -0.2) is 39.8 Å². The van der Waals surface area contributed by atoms with E-state index in [9.17, 15) is 18.0 Å². The Kier molecular flexibility index (Phi) is 5.60. The zero-order valence-electron chi connectivity index (χ0n) is 15.7. The predicted molar refractivity (Wildman–Crippen MR) is 105 cm³/mol. The molecule has 0 atom stereocenters. The molecule has 0 aliphatic carbocycles. The van der Waals surface area contributed by atoms with Crippen molar-refractivity contribution in [3.63, 3.8) is 0 Å². The number of carbonyl (C=O) groups excluding carboxylic acids is 1. The van der Waals surface area contributed by atoms with Gasteiger partial charge < -0.3 is 10.2 Å². The largest absolute Gasteiger partial charge is 0.416 e. The summed E-state index contributed by atoms with van der Waals surface area (Å²) in [5, 5.41) is 5.09. The van der Waals surface area contributed by atoms with Crippen molar-refractivity contribution in [3.05, 3.63) is 58.4 Å². The fraction of sp³-hybridized carbons (Fsp3) is 0.400. The second kappa shape index (κ2) is 8.16. The van der Waals surface area contributed by atoms with Gasteiger partial charge in [-0.2, -0.15) is 13.2 Å². The Hall–Kier alpha value is -2.39. The second-order valence-electron chi connectivity index (χ2n) is 7.04. The van der Waals surface area contributed by atoms with E-state index in [1.54, 1.807) is 6.07 Å². The summed E-state index contributed by atoms with van der Waals surface area (Å²) >= 11 is 1.45. The first-order chi connectivity index (χ1) is 13.9. The molecular weight excluding hydrogens is 401 g/mol. The van der Waals surface area contributed by atoms with Crippen LogP contribution in [0.2, 0.25) is 0 Å². The van der Waals surface area contributed by atoms with Crippen molar-refractivity contribution in [2.75, 3.05) is 19.6 Å². The van der Waals surface area contributed by atoms with E-state index >= 15 is 0 Å². The van der Waals surface area contributed by atoms with Crippen molar-refractivity contribution in [2.24, 2.45) is 0 Å². The summed E-state index contributed by atoms with van der Waals surface area (Å²) in [6.07, 6.45) is -0.249. The van der Waals surface area contributed by atoms with Crippen LogP contribution in [0, 0.1) is 0 Å². The van der Waals surface area contributed by atoms with Gasteiger partial charge in [0.25, 0.3) is 5.91 Å². The molecule has 1 saturated heterocycles. The number of rotatable bonds is 6. The summed E-state index contributed by atoms with van der Waals surface area (Å²) in [6, 6.07) is 5.62. The Morgan fingerprint density at radius 1 is 1.21 bits per heavy atom. The molecule has 9 heteroatoms. The first-order valence-corrected chi connectivity index (χ1v) is 10.4. The van der Waals surface area contributed by atoms with Crippen LogP contribution in [0.5, 0.6) is 0 Å². The van der Waals surface area contributed by atoms with Gasteiger partial charge in [0, 0.05) is 31.2 Å². The fourth-order valence-electron chi connectivity index (χ4n) is 3.69. The lowest BCUT2D eigenvalue weighted by Crippen LogP contribution is -2.30. The van der Waals surface area contributed by atoms with Crippen LogP contribution in [0.3, 0.4) is 0 Å². The Morgan fingerprint density at radius 3 is 2.72 bits per heavy atom. The molecule has 0 unspecified atom stereocenters. The molecule has 29 heavy (non-hydrogen) atoms. The fourth-order valence-corrected chi connectivity index (χ4v) is 4.42. The van der Waals surface area contributed by atoms with Gasteiger partial charge in [0.1, 0.15) is 0 Å². The number of nitrogens with zero attached hydrogens (tertiary/aromatic N) is 3. The molecule has 0 bridgehead atoms. The van der Waals surface area contributed by atoms with Gasteiger partial charge in [0.2, 0.25) is 0 Å². The Morgan fingerprint density at radius 2 is 1.97 bits per heavy atom. The Bertz CT molecular complexity index is 1000. The standard InChI is InChI=1S/C20H21F3N4OS/c21-20(22,23)15-6-2-1-5-14(15)7-8-24-13-16-17(18(28)26-9-3-4-10-26)25-19-27(16)11-12-29-19/h1-2,5-6,11-12,24H,3-4,7-10,13H2. The average Bonchev–Trinajstić information content (AvgIpc) is 3.42. The number of halogens is 3. The SMILES string of the molecule is O=C(c1nc2sccn2c1CNCCc1ccccc1C(F)(F)F)N1CCCC1. The summed E-state index contributed by atoms with van der Waals surface area (Å²) in [4.78, 5) is 19.9. The molecule has 154 valence electrons. The molecule has 1 amide bonds. The van der Waals surface area contributed by atoms with Crippen LogP contribution in [0.4, 0.5) is 13.2 Å². The van der Waals surface area contributed by atoms with Crippen molar-refractivity contribution in [1.82, 2.24) is 19.6 Å². The first-order valence-electron chi connectivity index (χ1n) is 9.54. The first kappa shape index (κ1) is 19.9. The molecule has 4 rings (SSSR count). The van der Waals surface area contributed by atoms with Gasteiger partial charge in [0.15, 0.2) is 10.7 Å². The molecule has 1 N–H and O–H groups in total. The molecule has 3 aromatic rings. The highest BCUT2D eigenvalue weighted by Crippen LogP contribution is 2.32. The molecule has 0 spiro atoms.